The van der Waals surface area contributed by atoms with Gasteiger partial charge < -0.3 is 14.9 Å². The van der Waals surface area contributed by atoms with E-state index in [9.17, 15) is 9.90 Å². The van der Waals surface area contributed by atoms with Gasteiger partial charge in [0.15, 0.2) is 0 Å². The van der Waals surface area contributed by atoms with E-state index in [-0.39, 0.29) is 18.3 Å². The minimum absolute atomic E-state index is 0.0769. The van der Waals surface area contributed by atoms with E-state index in [0.29, 0.717) is 24.4 Å². The third-order valence-corrected chi connectivity index (χ3v) is 2.49. The summed E-state index contributed by atoms with van der Waals surface area (Å²) in [7, 11) is 0. The van der Waals surface area contributed by atoms with Gasteiger partial charge in [0, 0.05) is 12.0 Å². The second-order valence-electron chi connectivity index (χ2n) is 3.87. The van der Waals surface area contributed by atoms with Crippen molar-refractivity contribution in [2.24, 2.45) is 4.99 Å². The first-order chi connectivity index (χ1) is 8.15. The van der Waals surface area contributed by atoms with Crippen LogP contribution in [0.3, 0.4) is 0 Å². The van der Waals surface area contributed by atoms with Crippen LogP contribution < -0.4 is 0 Å². The zero-order valence-corrected chi connectivity index (χ0v) is 9.17. The molecule has 0 radical (unpaired) electrons. The SMILES string of the molecule is O=C(O)CCC1CN=C(c2cccc(O)c2)O1. The molecule has 0 spiro atoms. The standard InChI is InChI=1S/C12H13NO4/c14-9-3-1-2-8(6-9)12-13-7-10(17-12)4-5-11(15)16/h1-3,6,10,14H,4-5,7H2,(H,15,16). The molecule has 1 heterocycles. The topological polar surface area (TPSA) is 79.1 Å². The number of rotatable bonds is 4. The van der Waals surface area contributed by atoms with Crippen molar-refractivity contribution >= 4 is 11.9 Å². The molecule has 1 unspecified atom stereocenters. The largest absolute Gasteiger partial charge is 0.508 e. The highest BCUT2D eigenvalue weighted by Crippen LogP contribution is 2.18. The van der Waals surface area contributed by atoms with Gasteiger partial charge in [0.1, 0.15) is 11.9 Å². The molecule has 1 aliphatic rings. The van der Waals surface area contributed by atoms with Crippen LogP contribution in [-0.2, 0) is 9.53 Å². The number of aliphatic carboxylic acids is 1. The number of hydrogen-bond acceptors (Lipinski definition) is 4. The van der Waals surface area contributed by atoms with Crippen LogP contribution in [0.5, 0.6) is 5.75 Å². The van der Waals surface area contributed by atoms with Crippen molar-refractivity contribution in [3.8, 4) is 5.75 Å². The number of carbonyl (C=O) groups is 1. The second-order valence-corrected chi connectivity index (χ2v) is 3.87. The number of phenolic OH excluding ortho intramolecular Hbond substituents is 1. The fourth-order valence-electron chi connectivity index (χ4n) is 1.65. The van der Waals surface area contributed by atoms with Crippen LogP contribution in [0.1, 0.15) is 18.4 Å². The minimum atomic E-state index is -0.834. The van der Waals surface area contributed by atoms with E-state index < -0.39 is 5.97 Å². The van der Waals surface area contributed by atoms with Gasteiger partial charge in [-0.3, -0.25) is 4.79 Å². The van der Waals surface area contributed by atoms with E-state index in [2.05, 4.69) is 4.99 Å². The summed E-state index contributed by atoms with van der Waals surface area (Å²) in [5.41, 5.74) is 0.711. The van der Waals surface area contributed by atoms with Crippen LogP contribution in [0.25, 0.3) is 0 Å². The van der Waals surface area contributed by atoms with Gasteiger partial charge in [0.05, 0.1) is 6.54 Å². The monoisotopic (exact) mass is 235 g/mol. The third-order valence-electron chi connectivity index (χ3n) is 2.49. The molecule has 2 rings (SSSR count). The highest BCUT2D eigenvalue weighted by atomic mass is 16.5. The molecular formula is C12H13NO4. The highest BCUT2D eigenvalue weighted by Gasteiger charge is 2.21. The van der Waals surface area contributed by atoms with E-state index in [1.54, 1.807) is 24.3 Å². The van der Waals surface area contributed by atoms with Gasteiger partial charge >= 0.3 is 5.97 Å². The number of aromatic hydroxyl groups is 1. The Morgan fingerprint density at radius 2 is 2.35 bits per heavy atom. The number of benzene rings is 1. The molecule has 5 heteroatoms. The van der Waals surface area contributed by atoms with Crippen molar-refractivity contribution in [1.82, 2.24) is 0 Å². The summed E-state index contributed by atoms with van der Waals surface area (Å²) in [5.74, 6) is -0.210. The third kappa shape index (κ3) is 2.96. The highest BCUT2D eigenvalue weighted by molar-refractivity contribution is 5.95. The second kappa shape index (κ2) is 4.86. The lowest BCUT2D eigenvalue weighted by Crippen LogP contribution is -2.15. The van der Waals surface area contributed by atoms with Crippen molar-refractivity contribution < 1.29 is 19.7 Å². The molecule has 1 aromatic rings. The van der Waals surface area contributed by atoms with Gasteiger partial charge in [-0.25, -0.2) is 4.99 Å². The summed E-state index contributed by atoms with van der Waals surface area (Å²) in [6.07, 6.45) is 0.345. The van der Waals surface area contributed by atoms with Gasteiger partial charge in [0.25, 0.3) is 0 Å². The number of carboxylic acids is 1. The predicted octanol–water partition coefficient (Wildman–Crippen LogP) is 1.40. The lowest BCUT2D eigenvalue weighted by Gasteiger charge is -2.09. The first-order valence-corrected chi connectivity index (χ1v) is 5.37. The molecule has 1 atom stereocenters. The average Bonchev–Trinajstić information content (AvgIpc) is 2.75. The Kier molecular flexibility index (Phi) is 3.27. The maximum Gasteiger partial charge on any atom is 0.303 e. The number of aliphatic imine (C=N–C) groups is 1. The Morgan fingerprint density at radius 1 is 1.53 bits per heavy atom. The van der Waals surface area contributed by atoms with Gasteiger partial charge in [-0.15, -0.1) is 0 Å². The van der Waals surface area contributed by atoms with Crippen LogP contribution in [0.2, 0.25) is 0 Å². The van der Waals surface area contributed by atoms with Crippen LogP contribution in [-0.4, -0.2) is 34.7 Å². The molecule has 2 N–H and O–H groups in total. The zero-order chi connectivity index (χ0) is 12.3. The van der Waals surface area contributed by atoms with E-state index >= 15 is 0 Å². The van der Waals surface area contributed by atoms with Crippen LogP contribution >= 0.6 is 0 Å². The van der Waals surface area contributed by atoms with Crippen molar-refractivity contribution in [2.75, 3.05) is 6.54 Å². The van der Waals surface area contributed by atoms with Crippen LogP contribution in [0.15, 0.2) is 29.3 Å². The maximum atomic E-state index is 10.4. The summed E-state index contributed by atoms with van der Waals surface area (Å²) in [4.78, 5) is 14.6. The summed E-state index contributed by atoms with van der Waals surface area (Å²) in [5, 5.41) is 17.9. The maximum absolute atomic E-state index is 10.4. The number of ether oxygens (including phenoxy) is 1. The Bertz CT molecular complexity index is 456. The molecular weight excluding hydrogens is 222 g/mol. The lowest BCUT2D eigenvalue weighted by atomic mass is 10.2. The molecule has 1 aromatic carbocycles. The van der Waals surface area contributed by atoms with Crippen LogP contribution in [0, 0.1) is 0 Å². The average molecular weight is 235 g/mol. The Morgan fingerprint density at radius 3 is 3.06 bits per heavy atom. The molecule has 0 bridgehead atoms. The van der Waals surface area contributed by atoms with E-state index in [1.807, 2.05) is 0 Å². The zero-order valence-electron chi connectivity index (χ0n) is 9.17. The van der Waals surface area contributed by atoms with Gasteiger partial charge in [-0.05, 0) is 24.6 Å². The molecule has 17 heavy (non-hydrogen) atoms. The Balaban J connectivity index is 1.95. The van der Waals surface area contributed by atoms with E-state index in [4.69, 9.17) is 9.84 Å². The fourth-order valence-corrected chi connectivity index (χ4v) is 1.65. The summed E-state index contributed by atoms with van der Waals surface area (Å²) < 4.78 is 5.53. The number of hydrogen-bond donors (Lipinski definition) is 2. The summed E-state index contributed by atoms with van der Waals surface area (Å²) in [6.45, 7) is 0.471. The molecule has 5 nitrogen and oxygen atoms in total. The Labute approximate surface area is 98.4 Å². The van der Waals surface area contributed by atoms with Crippen molar-refractivity contribution in [3.63, 3.8) is 0 Å². The van der Waals surface area contributed by atoms with Crippen molar-refractivity contribution in [3.05, 3.63) is 29.8 Å². The molecule has 0 aromatic heterocycles. The summed E-state index contributed by atoms with van der Waals surface area (Å²) >= 11 is 0. The fraction of sp³-hybridized carbons (Fsp3) is 0.333. The van der Waals surface area contributed by atoms with Crippen molar-refractivity contribution in [2.45, 2.75) is 18.9 Å². The number of phenols is 1. The molecule has 0 saturated carbocycles. The smallest absolute Gasteiger partial charge is 0.303 e. The molecule has 0 saturated heterocycles. The first kappa shape index (κ1) is 11.4. The predicted molar refractivity (Wildman–Crippen MR) is 61.3 cm³/mol. The molecule has 1 aliphatic heterocycles. The van der Waals surface area contributed by atoms with E-state index in [1.165, 1.54) is 0 Å². The number of nitrogens with zero attached hydrogens (tertiary/aromatic N) is 1. The van der Waals surface area contributed by atoms with Crippen LogP contribution in [0.4, 0.5) is 0 Å². The normalized spacial score (nSPS) is 18.6. The van der Waals surface area contributed by atoms with Gasteiger partial charge in [0.2, 0.25) is 5.90 Å². The van der Waals surface area contributed by atoms with E-state index in [0.717, 1.165) is 0 Å². The van der Waals surface area contributed by atoms with Gasteiger partial charge in [-0.1, -0.05) is 6.07 Å². The molecule has 90 valence electrons. The van der Waals surface area contributed by atoms with Gasteiger partial charge in [-0.2, -0.15) is 0 Å². The number of carboxylic acid groups (broad SMARTS) is 1. The molecule has 0 amide bonds. The minimum Gasteiger partial charge on any atom is -0.508 e. The quantitative estimate of drug-likeness (QED) is 0.826. The Hall–Kier alpha value is -2.04. The lowest BCUT2D eigenvalue weighted by molar-refractivity contribution is -0.137. The molecule has 0 aliphatic carbocycles. The summed E-state index contributed by atoms with van der Waals surface area (Å²) in [6, 6.07) is 6.64. The molecule has 0 fully saturated rings. The first-order valence-electron chi connectivity index (χ1n) is 5.37. The van der Waals surface area contributed by atoms with Crippen molar-refractivity contribution in [1.29, 1.82) is 0 Å².